The molecule has 1 aliphatic rings. The largest absolute Gasteiger partial charge is 0.495 e. The van der Waals surface area contributed by atoms with Gasteiger partial charge in [0, 0.05) is 30.9 Å². The number of rotatable bonds is 4. The van der Waals surface area contributed by atoms with Crippen LogP contribution < -0.4 is 10.5 Å². The van der Waals surface area contributed by atoms with Crippen molar-refractivity contribution in [1.82, 2.24) is 9.21 Å². The highest BCUT2D eigenvalue weighted by molar-refractivity contribution is 7.89. The number of hydrogen-bond acceptors (Lipinski definition) is 5. The zero-order valence-electron chi connectivity index (χ0n) is 12.7. The third-order valence-corrected chi connectivity index (χ3v) is 5.90. The van der Waals surface area contributed by atoms with Crippen LogP contribution >= 0.6 is 0 Å². The van der Waals surface area contributed by atoms with Crippen LogP contribution in [0.2, 0.25) is 0 Å². The van der Waals surface area contributed by atoms with E-state index in [1.807, 2.05) is 14.1 Å². The molecule has 0 bridgehead atoms. The third-order valence-electron chi connectivity index (χ3n) is 3.96. The van der Waals surface area contributed by atoms with Crippen molar-refractivity contribution in [3.63, 3.8) is 0 Å². The van der Waals surface area contributed by atoms with Crippen molar-refractivity contribution in [2.45, 2.75) is 23.8 Å². The Hall–Kier alpha value is -1.31. The number of ether oxygens (including phenoxy) is 1. The Balaban J connectivity index is 2.24. The van der Waals surface area contributed by atoms with E-state index in [0.29, 0.717) is 30.6 Å². The van der Waals surface area contributed by atoms with E-state index in [2.05, 4.69) is 4.90 Å². The van der Waals surface area contributed by atoms with Crippen molar-refractivity contribution < 1.29 is 13.2 Å². The van der Waals surface area contributed by atoms with Crippen LogP contribution in [0.25, 0.3) is 0 Å². The van der Waals surface area contributed by atoms with E-state index in [1.165, 1.54) is 17.5 Å². The molecule has 0 radical (unpaired) electrons. The van der Waals surface area contributed by atoms with Gasteiger partial charge in [-0.2, -0.15) is 4.31 Å². The molecule has 6 nitrogen and oxygen atoms in total. The Morgan fingerprint density at radius 3 is 2.43 bits per heavy atom. The van der Waals surface area contributed by atoms with Crippen molar-refractivity contribution in [2.75, 3.05) is 40.0 Å². The van der Waals surface area contributed by atoms with Gasteiger partial charge in [0.1, 0.15) is 10.6 Å². The van der Waals surface area contributed by atoms with E-state index in [1.54, 1.807) is 12.1 Å². The summed E-state index contributed by atoms with van der Waals surface area (Å²) in [6.45, 7) is 1.05. The molecule has 0 amide bonds. The molecular formula is C14H23N3O3S. The van der Waals surface area contributed by atoms with Gasteiger partial charge in [-0.05, 0) is 39.1 Å². The van der Waals surface area contributed by atoms with E-state index in [-0.39, 0.29) is 4.90 Å². The molecular weight excluding hydrogens is 290 g/mol. The molecule has 2 N–H and O–H groups in total. The van der Waals surface area contributed by atoms with Gasteiger partial charge in [0.05, 0.1) is 7.11 Å². The van der Waals surface area contributed by atoms with E-state index in [9.17, 15) is 8.42 Å². The Morgan fingerprint density at radius 1 is 1.29 bits per heavy atom. The lowest BCUT2D eigenvalue weighted by atomic mass is 10.1. The van der Waals surface area contributed by atoms with Crippen LogP contribution in [0.1, 0.15) is 12.8 Å². The van der Waals surface area contributed by atoms with Gasteiger partial charge in [-0.3, -0.25) is 0 Å². The van der Waals surface area contributed by atoms with Crippen molar-refractivity contribution in [2.24, 2.45) is 0 Å². The van der Waals surface area contributed by atoms with E-state index in [0.717, 1.165) is 12.8 Å². The Kier molecular flexibility index (Phi) is 4.75. The summed E-state index contributed by atoms with van der Waals surface area (Å²) in [4.78, 5) is 2.33. The molecule has 0 saturated carbocycles. The van der Waals surface area contributed by atoms with Crippen LogP contribution in [0.4, 0.5) is 5.69 Å². The first kappa shape index (κ1) is 16.1. The molecule has 1 saturated heterocycles. The fourth-order valence-corrected chi connectivity index (χ4v) is 4.24. The van der Waals surface area contributed by atoms with E-state index in [4.69, 9.17) is 10.5 Å². The summed E-state index contributed by atoms with van der Waals surface area (Å²) >= 11 is 0. The second-order valence-corrected chi connectivity index (χ2v) is 7.42. The number of piperidine rings is 1. The number of benzene rings is 1. The predicted octanol–water partition coefficient (Wildman–Crippen LogP) is 0.992. The molecule has 21 heavy (non-hydrogen) atoms. The highest BCUT2D eigenvalue weighted by Gasteiger charge is 2.31. The quantitative estimate of drug-likeness (QED) is 0.839. The minimum Gasteiger partial charge on any atom is -0.495 e. The summed E-state index contributed by atoms with van der Waals surface area (Å²) in [7, 11) is 1.97. The molecule has 118 valence electrons. The van der Waals surface area contributed by atoms with Crippen LogP contribution in [0.5, 0.6) is 5.75 Å². The normalized spacial score (nSPS) is 18.1. The average molecular weight is 313 g/mol. The van der Waals surface area contributed by atoms with Gasteiger partial charge < -0.3 is 15.4 Å². The molecule has 1 aliphatic heterocycles. The van der Waals surface area contributed by atoms with Crippen LogP contribution in [0.15, 0.2) is 23.1 Å². The maximum absolute atomic E-state index is 12.7. The molecule has 0 unspecified atom stereocenters. The number of anilines is 1. The van der Waals surface area contributed by atoms with Crippen LogP contribution in [-0.4, -0.2) is 58.0 Å². The molecule has 7 heteroatoms. The lowest BCUT2D eigenvalue weighted by Gasteiger charge is -2.34. The van der Waals surface area contributed by atoms with E-state index < -0.39 is 10.0 Å². The summed E-state index contributed by atoms with van der Waals surface area (Å²) in [5.41, 5.74) is 6.17. The topological polar surface area (TPSA) is 75.9 Å². The number of hydrogen-bond donors (Lipinski definition) is 1. The molecule has 1 heterocycles. The molecule has 0 atom stereocenters. The lowest BCUT2D eigenvalue weighted by molar-refractivity contribution is 0.196. The first-order valence-electron chi connectivity index (χ1n) is 6.96. The standard InChI is InChI=1S/C14H23N3O3S/c1-16(2)12-6-8-17(9-7-12)21(18,19)14-5-4-11(15)10-13(14)20-3/h4-5,10,12H,6-9,15H2,1-3H3. The van der Waals surface area contributed by atoms with Gasteiger partial charge in [-0.15, -0.1) is 0 Å². The van der Waals surface area contributed by atoms with Gasteiger partial charge in [0.2, 0.25) is 10.0 Å². The third kappa shape index (κ3) is 3.30. The average Bonchev–Trinajstić information content (AvgIpc) is 2.46. The van der Waals surface area contributed by atoms with Crippen molar-refractivity contribution in [3.05, 3.63) is 18.2 Å². The maximum Gasteiger partial charge on any atom is 0.246 e. The monoisotopic (exact) mass is 313 g/mol. The Bertz CT molecular complexity index is 593. The summed E-state index contributed by atoms with van der Waals surface area (Å²) in [5.74, 6) is 0.296. The number of methoxy groups -OCH3 is 1. The molecule has 1 fully saturated rings. The van der Waals surface area contributed by atoms with Crippen LogP contribution in [-0.2, 0) is 10.0 Å². The van der Waals surface area contributed by atoms with Gasteiger partial charge >= 0.3 is 0 Å². The SMILES string of the molecule is COc1cc(N)ccc1S(=O)(=O)N1CCC(N(C)C)CC1. The van der Waals surface area contributed by atoms with Crippen LogP contribution in [0, 0.1) is 0 Å². The zero-order chi connectivity index (χ0) is 15.6. The number of nitrogens with zero attached hydrogens (tertiary/aromatic N) is 2. The minimum absolute atomic E-state index is 0.183. The molecule has 1 aromatic rings. The summed E-state index contributed by atoms with van der Waals surface area (Å²) in [5, 5.41) is 0. The van der Waals surface area contributed by atoms with Gasteiger partial charge in [0.25, 0.3) is 0 Å². The van der Waals surface area contributed by atoms with Gasteiger partial charge in [-0.25, -0.2) is 8.42 Å². The van der Waals surface area contributed by atoms with Crippen molar-refractivity contribution in [1.29, 1.82) is 0 Å². The second kappa shape index (κ2) is 6.21. The highest BCUT2D eigenvalue weighted by Crippen LogP contribution is 2.30. The molecule has 1 aromatic carbocycles. The zero-order valence-corrected chi connectivity index (χ0v) is 13.6. The smallest absolute Gasteiger partial charge is 0.246 e. The van der Waals surface area contributed by atoms with E-state index >= 15 is 0 Å². The van der Waals surface area contributed by atoms with Gasteiger partial charge in [-0.1, -0.05) is 0 Å². The number of sulfonamides is 1. The first-order valence-corrected chi connectivity index (χ1v) is 8.40. The van der Waals surface area contributed by atoms with Gasteiger partial charge in [0.15, 0.2) is 0 Å². The summed E-state index contributed by atoms with van der Waals surface area (Å²) in [6, 6.07) is 5.08. The number of nitrogens with two attached hydrogens (primary N) is 1. The highest BCUT2D eigenvalue weighted by atomic mass is 32.2. The molecule has 0 aromatic heterocycles. The Morgan fingerprint density at radius 2 is 1.90 bits per heavy atom. The lowest BCUT2D eigenvalue weighted by Crippen LogP contribution is -2.44. The van der Waals surface area contributed by atoms with Crippen molar-refractivity contribution in [3.8, 4) is 5.75 Å². The first-order chi connectivity index (χ1) is 9.86. The fraction of sp³-hybridized carbons (Fsp3) is 0.571. The van der Waals surface area contributed by atoms with Crippen molar-refractivity contribution >= 4 is 15.7 Å². The predicted molar refractivity (Wildman–Crippen MR) is 82.9 cm³/mol. The molecule has 2 rings (SSSR count). The second-order valence-electron chi connectivity index (χ2n) is 5.51. The number of nitrogen functional groups attached to an aromatic ring is 1. The summed E-state index contributed by atoms with van der Waals surface area (Å²) < 4.78 is 32.2. The van der Waals surface area contributed by atoms with Crippen LogP contribution in [0.3, 0.4) is 0 Å². The minimum atomic E-state index is -3.54. The summed E-state index contributed by atoms with van der Waals surface area (Å²) in [6.07, 6.45) is 1.67. The Labute approximate surface area is 126 Å². The molecule has 0 spiro atoms. The fourth-order valence-electron chi connectivity index (χ4n) is 2.64. The molecule has 0 aliphatic carbocycles. The maximum atomic E-state index is 12.7.